The zero-order valence-corrected chi connectivity index (χ0v) is 12.7. The van der Waals surface area contributed by atoms with E-state index in [0.717, 1.165) is 10.1 Å². The third-order valence-corrected chi connectivity index (χ3v) is 3.82. The molecule has 2 aromatic rings. The van der Waals surface area contributed by atoms with Crippen molar-refractivity contribution in [3.05, 3.63) is 68.9 Å². The summed E-state index contributed by atoms with van der Waals surface area (Å²) in [4.78, 5) is 26.0. The second kappa shape index (κ2) is 6.07. The van der Waals surface area contributed by atoms with Crippen molar-refractivity contribution < 1.29 is 10.2 Å². The van der Waals surface area contributed by atoms with Gasteiger partial charge in [0, 0.05) is 13.0 Å². The normalized spacial score (nSPS) is 16.5. The Hall–Kier alpha value is -3.29. The van der Waals surface area contributed by atoms with Crippen molar-refractivity contribution >= 4 is 5.71 Å². The molecule has 0 spiro atoms. The SMILES string of the molecule is C=CCn1c(O)c(C2=NN[C@H](c3ccc(O)cc3)C2)c(=O)[nH]c1=O. The molecule has 4 N–H and O–H groups in total. The lowest BCUT2D eigenvalue weighted by molar-refractivity contribution is 0.409. The molecule has 1 aromatic heterocycles. The lowest BCUT2D eigenvalue weighted by Crippen LogP contribution is -2.33. The van der Waals surface area contributed by atoms with Crippen LogP contribution in [0.1, 0.15) is 23.6 Å². The number of aromatic amines is 1. The number of phenolic OH excluding ortho intramolecular Hbond substituents is 1. The number of phenols is 1. The van der Waals surface area contributed by atoms with Crippen LogP contribution in [0.5, 0.6) is 11.6 Å². The van der Waals surface area contributed by atoms with Crippen LogP contribution in [-0.4, -0.2) is 25.5 Å². The minimum atomic E-state index is -0.706. The molecule has 0 bridgehead atoms. The van der Waals surface area contributed by atoms with Gasteiger partial charge in [0.1, 0.15) is 11.3 Å². The smallest absolute Gasteiger partial charge is 0.331 e. The zero-order chi connectivity index (χ0) is 17.3. The Morgan fingerprint density at radius 1 is 1.29 bits per heavy atom. The first kappa shape index (κ1) is 15.6. The van der Waals surface area contributed by atoms with E-state index in [0.29, 0.717) is 12.1 Å². The van der Waals surface area contributed by atoms with Crippen LogP contribution in [0.25, 0.3) is 0 Å². The molecule has 1 aliphatic rings. The van der Waals surface area contributed by atoms with E-state index in [4.69, 9.17) is 0 Å². The first-order valence-corrected chi connectivity index (χ1v) is 7.29. The molecular formula is C16H16N4O4. The van der Waals surface area contributed by atoms with Crippen LogP contribution in [0.3, 0.4) is 0 Å². The van der Waals surface area contributed by atoms with Crippen molar-refractivity contribution in [3.8, 4) is 11.6 Å². The zero-order valence-electron chi connectivity index (χ0n) is 12.7. The van der Waals surface area contributed by atoms with E-state index in [1.165, 1.54) is 6.08 Å². The van der Waals surface area contributed by atoms with Gasteiger partial charge in [0.15, 0.2) is 0 Å². The average molecular weight is 328 g/mol. The number of aromatic hydroxyl groups is 2. The quantitative estimate of drug-likeness (QED) is 0.612. The molecule has 0 saturated heterocycles. The van der Waals surface area contributed by atoms with E-state index >= 15 is 0 Å². The molecule has 124 valence electrons. The number of aromatic nitrogens is 2. The van der Waals surface area contributed by atoms with Crippen LogP contribution < -0.4 is 16.7 Å². The van der Waals surface area contributed by atoms with Crippen molar-refractivity contribution in [2.75, 3.05) is 0 Å². The van der Waals surface area contributed by atoms with Gasteiger partial charge in [0.25, 0.3) is 5.56 Å². The minimum Gasteiger partial charge on any atom is -0.508 e. The summed E-state index contributed by atoms with van der Waals surface area (Å²) in [5.74, 6) is -0.279. The third-order valence-electron chi connectivity index (χ3n) is 3.82. The highest BCUT2D eigenvalue weighted by Crippen LogP contribution is 2.26. The first-order valence-electron chi connectivity index (χ1n) is 7.29. The van der Waals surface area contributed by atoms with Crippen LogP contribution in [0, 0.1) is 0 Å². The Balaban J connectivity index is 1.95. The monoisotopic (exact) mass is 328 g/mol. The fourth-order valence-corrected chi connectivity index (χ4v) is 2.62. The minimum absolute atomic E-state index is 0.0368. The molecular weight excluding hydrogens is 312 g/mol. The van der Waals surface area contributed by atoms with Gasteiger partial charge in [-0.15, -0.1) is 6.58 Å². The summed E-state index contributed by atoms with van der Waals surface area (Å²) in [5.41, 5.74) is 2.69. The topological polar surface area (TPSA) is 120 Å². The van der Waals surface area contributed by atoms with Gasteiger partial charge in [-0.1, -0.05) is 18.2 Å². The Morgan fingerprint density at radius 2 is 2.00 bits per heavy atom. The molecule has 0 amide bonds. The van der Waals surface area contributed by atoms with Gasteiger partial charge in [0.05, 0.1) is 11.8 Å². The second-order valence-electron chi connectivity index (χ2n) is 5.39. The van der Waals surface area contributed by atoms with E-state index < -0.39 is 17.1 Å². The number of benzene rings is 1. The average Bonchev–Trinajstić information content (AvgIpc) is 3.01. The molecule has 2 heterocycles. The predicted octanol–water partition coefficient (Wildman–Crippen LogP) is 0.572. The van der Waals surface area contributed by atoms with Crippen LogP contribution in [0.2, 0.25) is 0 Å². The van der Waals surface area contributed by atoms with Crippen molar-refractivity contribution in [2.24, 2.45) is 5.10 Å². The number of nitrogens with zero attached hydrogens (tertiary/aromatic N) is 2. The van der Waals surface area contributed by atoms with E-state index in [2.05, 4.69) is 22.1 Å². The lowest BCUT2D eigenvalue weighted by Gasteiger charge is -2.11. The van der Waals surface area contributed by atoms with Crippen LogP contribution in [0.4, 0.5) is 0 Å². The van der Waals surface area contributed by atoms with Gasteiger partial charge < -0.3 is 15.6 Å². The number of rotatable bonds is 4. The highest BCUT2D eigenvalue weighted by Gasteiger charge is 2.27. The Bertz CT molecular complexity index is 925. The molecule has 3 rings (SSSR count). The number of allylic oxidation sites excluding steroid dienone is 1. The summed E-state index contributed by atoms with van der Waals surface area (Å²) in [6, 6.07) is 6.41. The largest absolute Gasteiger partial charge is 0.508 e. The molecule has 24 heavy (non-hydrogen) atoms. The number of hydrazone groups is 1. The summed E-state index contributed by atoms with van der Waals surface area (Å²) in [6.07, 6.45) is 1.80. The fraction of sp³-hybridized carbons (Fsp3) is 0.188. The van der Waals surface area contributed by atoms with Crippen LogP contribution in [0.15, 0.2) is 51.6 Å². The molecule has 0 saturated carbocycles. The maximum Gasteiger partial charge on any atom is 0.331 e. The van der Waals surface area contributed by atoms with Gasteiger partial charge >= 0.3 is 5.69 Å². The summed E-state index contributed by atoms with van der Waals surface area (Å²) in [6.45, 7) is 3.59. The Labute approximate surface area is 136 Å². The summed E-state index contributed by atoms with van der Waals surface area (Å²) >= 11 is 0. The van der Waals surface area contributed by atoms with Crippen molar-refractivity contribution in [3.63, 3.8) is 0 Å². The van der Waals surface area contributed by atoms with Crippen molar-refractivity contribution in [1.29, 1.82) is 0 Å². The van der Waals surface area contributed by atoms with Crippen LogP contribution in [-0.2, 0) is 6.54 Å². The van der Waals surface area contributed by atoms with E-state index in [1.807, 2.05) is 0 Å². The fourth-order valence-electron chi connectivity index (χ4n) is 2.62. The highest BCUT2D eigenvalue weighted by molar-refractivity contribution is 6.03. The number of H-pyrrole nitrogens is 1. The Morgan fingerprint density at radius 3 is 2.67 bits per heavy atom. The molecule has 0 unspecified atom stereocenters. The van der Waals surface area contributed by atoms with Crippen molar-refractivity contribution in [1.82, 2.24) is 15.0 Å². The van der Waals surface area contributed by atoms with Gasteiger partial charge in [-0.05, 0) is 17.7 Å². The molecule has 0 fully saturated rings. The van der Waals surface area contributed by atoms with E-state index in [1.54, 1.807) is 24.3 Å². The third kappa shape index (κ3) is 2.69. The van der Waals surface area contributed by atoms with E-state index in [9.17, 15) is 19.8 Å². The number of hydrogen-bond acceptors (Lipinski definition) is 6. The van der Waals surface area contributed by atoms with E-state index in [-0.39, 0.29) is 23.9 Å². The summed E-state index contributed by atoms with van der Waals surface area (Å²) in [5, 5.41) is 23.8. The molecule has 1 atom stereocenters. The maximum atomic E-state index is 12.1. The molecule has 8 heteroatoms. The molecule has 0 radical (unpaired) electrons. The van der Waals surface area contributed by atoms with Gasteiger partial charge in [-0.2, -0.15) is 5.10 Å². The summed E-state index contributed by atoms with van der Waals surface area (Å²) < 4.78 is 1.01. The predicted molar refractivity (Wildman–Crippen MR) is 88.3 cm³/mol. The van der Waals surface area contributed by atoms with Gasteiger partial charge in [0.2, 0.25) is 5.88 Å². The number of hydrogen-bond donors (Lipinski definition) is 4. The molecule has 1 aliphatic heterocycles. The molecule has 0 aliphatic carbocycles. The lowest BCUT2D eigenvalue weighted by atomic mass is 10.00. The number of nitrogens with one attached hydrogen (secondary N) is 2. The van der Waals surface area contributed by atoms with Gasteiger partial charge in [-0.3, -0.25) is 14.3 Å². The van der Waals surface area contributed by atoms with Crippen LogP contribution >= 0.6 is 0 Å². The van der Waals surface area contributed by atoms with Gasteiger partial charge in [-0.25, -0.2) is 4.79 Å². The summed E-state index contributed by atoms with van der Waals surface area (Å²) in [7, 11) is 0. The first-order chi connectivity index (χ1) is 11.5. The molecule has 8 nitrogen and oxygen atoms in total. The highest BCUT2D eigenvalue weighted by atomic mass is 16.3. The second-order valence-corrected chi connectivity index (χ2v) is 5.39. The maximum absolute atomic E-state index is 12.1. The Kier molecular flexibility index (Phi) is 3.95. The van der Waals surface area contributed by atoms with Crippen molar-refractivity contribution in [2.45, 2.75) is 19.0 Å². The molecule has 1 aromatic carbocycles. The standard InChI is InChI=1S/C16H16N4O4/c1-2-7-20-15(23)13(14(22)17-16(20)24)12-8-11(18-19-12)9-3-5-10(21)6-4-9/h2-6,11,18,21,23H,1,7-8H2,(H,17,22,24)/t11-/m0/s1.